The zero-order chi connectivity index (χ0) is 19.6. The van der Waals surface area contributed by atoms with Crippen LogP contribution in [0.2, 0.25) is 0 Å². The largest absolute Gasteiger partial charge is 0.310 e. The average Bonchev–Trinajstić information content (AvgIpc) is 3.40. The summed E-state index contributed by atoms with van der Waals surface area (Å²) in [6.07, 6.45) is 6.11. The van der Waals surface area contributed by atoms with Gasteiger partial charge in [-0.15, -0.1) is 0 Å². The highest BCUT2D eigenvalue weighted by molar-refractivity contribution is 9.10. The van der Waals surface area contributed by atoms with Gasteiger partial charge in [-0.2, -0.15) is 4.31 Å². The van der Waals surface area contributed by atoms with Gasteiger partial charge in [0.2, 0.25) is 15.9 Å². The van der Waals surface area contributed by atoms with E-state index in [1.807, 2.05) is 6.07 Å². The van der Waals surface area contributed by atoms with Gasteiger partial charge in [0.15, 0.2) is 0 Å². The Labute approximate surface area is 171 Å². The van der Waals surface area contributed by atoms with Gasteiger partial charge < -0.3 is 4.90 Å². The molecule has 1 fully saturated rings. The third-order valence-corrected chi connectivity index (χ3v) is 7.70. The first-order valence-electron chi connectivity index (χ1n) is 10.0. The minimum absolute atomic E-state index is 0.0754. The lowest BCUT2D eigenvalue weighted by Crippen LogP contribution is -2.36. The van der Waals surface area contributed by atoms with Gasteiger partial charge in [-0.05, 0) is 49.8 Å². The summed E-state index contributed by atoms with van der Waals surface area (Å²) in [4.78, 5) is 14.8. The molecule has 1 amide bonds. The number of carbonyl (C=O) groups excluding carboxylic acids is 1. The van der Waals surface area contributed by atoms with Gasteiger partial charge in [-0.25, -0.2) is 8.42 Å². The fourth-order valence-corrected chi connectivity index (χ4v) is 6.03. The summed E-state index contributed by atoms with van der Waals surface area (Å²) in [5.74, 6) is 0.160. The van der Waals surface area contributed by atoms with Crippen LogP contribution >= 0.6 is 15.9 Å². The van der Waals surface area contributed by atoms with E-state index >= 15 is 0 Å². The molecule has 27 heavy (non-hydrogen) atoms. The zero-order valence-electron chi connectivity index (χ0n) is 16.2. The highest BCUT2D eigenvalue weighted by Crippen LogP contribution is 2.42. The molecule has 0 aromatic heterocycles. The monoisotopic (exact) mass is 456 g/mol. The summed E-state index contributed by atoms with van der Waals surface area (Å²) in [6, 6.07) is 3.63. The van der Waals surface area contributed by atoms with Gasteiger partial charge in [0.05, 0.1) is 5.69 Å². The highest BCUT2D eigenvalue weighted by Gasteiger charge is 2.40. The number of rotatable bonds is 9. The molecule has 1 aromatic carbocycles. The van der Waals surface area contributed by atoms with Crippen molar-refractivity contribution in [2.75, 3.05) is 24.5 Å². The molecule has 5 nitrogen and oxygen atoms in total. The van der Waals surface area contributed by atoms with Crippen molar-refractivity contribution in [3.63, 3.8) is 0 Å². The van der Waals surface area contributed by atoms with Crippen LogP contribution in [0.25, 0.3) is 0 Å². The number of carbonyl (C=O) groups is 1. The van der Waals surface area contributed by atoms with Crippen molar-refractivity contribution in [2.45, 2.75) is 63.7 Å². The Hall–Kier alpha value is -0.920. The molecule has 0 N–H and O–H groups in total. The van der Waals surface area contributed by atoms with Crippen LogP contribution < -0.4 is 4.90 Å². The molecule has 1 saturated carbocycles. The van der Waals surface area contributed by atoms with Crippen LogP contribution in [0.1, 0.15) is 57.9 Å². The molecule has 0 atom stereocenters. The molecular weight excluding hydrogens is 428 g/mol. The molecule has 1 aromatic rings. The van der Waals surface area contributed by atoms with E-state index in [0.29, 0.717) is 31.7 Å². The molecule has 3 rings (SSSR count). The quantitative estimate of drug-likeness (QED) is 0.555. The normalized spacial score (nSPS) is 16.8. The Bertz CT molecular complexity index is 798. The molecule has 0 unspecified atom stereocenters. The van der Waals surface area contributed by atoms with E-state index in [2.05, 4.69) is 29.8 Å². The molecule has 7 heteroatoms. The summed E-state index contributed by atoms with van der Waals surface area (Å²) in [6.45, 7) is 5.76. The predicted octanol–water partition coefficient (Wildman–Crippen LogP) is 4.34. The second-order valence-electron chi connectivity index (χ2n) is 7.54. The fourth-order valence-electron chi connectivity index (χ4n) is 3.60. The van der Waals surface area contributed by atoms with E-state index in [4.69, 9.17) is 0 Å². The maximum absolute atomic E-state index is 13.6. The van der Waals surface area contributed by atoms with Crippen LogP contribution in [0.4, 0.5) is 5.69 Å². The summed E-state index contributed by atoms with van der Waals surface area (Å²) >= 11 is 3.47. The van der Waals surface area contributed by atoms with Crippen molar-refractivity contribution in [2.24, 2.45) is 5.92 Å². The fraction of sp³-hybridized carbons (Fsp3) is 0.650. The lowest BCUT2D eigenvalue weighted by atomic mass is 10.2. The molecule has 0 radical (unpaired) electrons. The van der Waals surface area contributed by atoms with Gasteiger partial charge >= 0.3 is 0 Å². The number of halogens is 1. The second-order valence-corrected chi connectivity index (χ2v) is 10.4. The molecule has 0 saturated heterocycles. The van der Waals surface area contributed by atoms with Gasteiger partial charge in [0.1, 0.15) is 4.90 Å². The maximum atomic E-state index is 13.6. The Balaban J connectivity index is 2.02. The van der Waals surface area contributed by atoms with Crippen LogP contribution in [0, 0.1) is 5.92 Å². The van der Waals surface area contributed by atoms with Crippen LogP contribution in [0.3, 0.4) is 0 Å². The van der Waals surface area contributed by atoms with Crippen molar-refractivity contribution in [3.8, 4) is 0 Å². The molecular formula is C20H29BrN2O3S. The number of fused-ring (bicyclic) bond motifs is 1. The van der Waals surface area contributed by atoms with Crippen LogP contribution in [-0.4, -0.2) is 38.3 Å². The third-order valence-electron chi connectivity index (χ3n) is 5.33. The minimum Gasteiger partial charge on any atom is -0.310 e. The van der Waals surface area contributed by atoms with E-state index in [1.165, 1.54) is 0 Å². The van der Waals surface area contributed by atoms with E-state index in [-0.39, 0.29) is 16.7 Å². The van der Waals surface area contributed by atoms with E-state index in [9.17, 15) is 13.2 Å². The van der Waals surface area contributed by atoms with Crippen molar-refractivity contribution in [1.29, 1.82) is 0 Å². The maximum Gasteiger partial charge on any atom is 0.245 e. The number of hydrogen-bond donors (Lipinski definition) is 0. The SMILES string of the molecule is CCCCN(CCCC)S(=O)(=O)c1cc(Br)cc2c1N(C(=O)C1CC1)CC2. The second kappa shape index (κ2) is 8.62. The Morgan fingerprint density at radius 2 is 1.81 bits per heavy atom. The third kappa shape index (κ3) is 4.40. The summed E-state index contributed by atoms with van der Waals surface area (Å²) in [7, 11) is -3.66. The molecule has 0 spiro atoms. The lowest BCUT2D eigenvalue weighted by molar-refractivity contribution is -0.119. The van der Waals surface area contributed by atoms with Crippen LogP contribution in [-0.2, 0) is 21.2 Å². The lowest BCUT2D eigenvalue weighted by Gasteiger charge is -2.26. The Morgan fingerprint density at radius 3 is 2.37 bits per heavy atom. The summed E-state index contributed by atoms with van der Waals surface area (Å²) < 4.78 is 29.5. The number of hydrogen-bond acceptors (Lipinski definition) is 3. The van der Waals surface area contributed by atoms with E-state index in [1.54, 1.807) is 15.3 Å². The molecule has 1 aliphatic carbocycles. The minimum atomic E-state index is -3.66. The standard InChI is InChI=1S/C20H29BrN2O3S/c1-3-5-10-22(11-6-4-2)27(25,26)18-14-17(21)13-16-9-12-23(19(16)18)20(24)15-7-8-15/h13-15H,3-12H2,1-2H3. The Kier molecular flexibility index (Phi) is 6.64. The smallest absolute Gasteiger partial charge is 0.245 e. The first kappa shape index (κ1) is 20.8. The molecule has 2 aliphatic rings. The first-order chi connectivity index (χ1) is 12.9. The van der Waals surface area contributed by atoms with Crippen LogP contribution in [0.5, 0.6) is 0 Å². The molecule has 150 valence electrons. The zero-order valence-corrected chi connectivity index (χ0v) is 18.6. The van der Waals surface area contributed by atoms with Crippen molar-refractivity contribution >= 4 is 37.5 Å². The van der Waals surface area contributed by atoms with E-state index in [0.717, 1.165) is 48.6 Å². The number of unbranched alkanes of at least 4 members (excludes halogenated alkanes) is 2. The van der Waals surface area contributed by atoms with Gasteiger partial charge in [-0.1, -0.05) is 42.6 Å². The number of anilines is 1. The highest BCUT2D eigenvalue weighted by atomic mass is 79.9. The van der Waals surface area contributed by atoms with Crippen molar-refractivity contribution in [3.05, 3.63) is 22.2 Å². The van der Waals surface area contributed by atoms with Crippen molar-refractivity contribution < 1.29 is 13.2 Å². The summed E-state index contributed by atoms with van der Waals surface area (Å²) in [5, 5.41) is 0. The number of benzene rings is 1. The van der Waals surface area contributed by atoms with Gasteiger partial charge in [0.25, 0.3) is 0 Å². The number of nitrogens with zero attached hydrogens (tertiary/aromatic N) is 2. The van der Waals surface area contributed by atoms with Crippen molar-refractivity contribution in [1.82, 2.24) is 4.31 Å². The summed E-state index contributed by atoms with van der Waals surface area (Å²) in [5.41, 5.74) is 1.57. The number of sulfonamides is 1. The molecule has 0 bridgehead atoms. The topological polar surface area (TPSA) is 57.7 Å². The first-order valence-corrected chi connectivity index (χ1v) is 12.3. The van der Waals surface area contributed by atoms with E-state index < -0.39 is 10.0 Å². The molecule has 1 heterocycles. The Morgan fingerprint density at radius 1 is 1.19 bits per heavy atom. The van der Waals surface area contributed by atoms with Gasteiger partial charge in [-0.3, -0.25) is 4.79 Å². The van der Waals surface area contributed by atoms with Crippen LogP contribution in [0.15, 0.2) is 21.5 Å². The predicted molar refractivity (Wildman–Crippen MR) is 111 cm³/mol. The average molecular weight is 457 g/mol. The van der Waals surface area contributed by atoms with Gasteiger partial charge in [0, 0.05) is 30.0 Å². The number of amides is 1. The molecule has 1 aliphatic heterocycles.